The number of rotatable bonds is 3. The molecule has 7 nitrogen and oxygen atoms in total. The summed E-state index contributed by atoms with van der Waals surface area (Å²) in [4.78, 5) is 23.9. The van der Waals surface area contributed by atoms with Crippen molar-refractivity contribution >= 4 is 5.91 Å². The highest BCUT2D eigenvalue weighted by Crippen LogP contribution is 2.34. The van der Waals surface area contributed by atoms with E-state index in [2.05, 4.69) is 26.0 Å². The molecule has 2 aliphatic heterocycles. The molecule has 7 heteroatoms. The minimum absolute atomic E-state index is 0.159. The highest BCUT2D eigenvalue weighted by atomic mass is 16.5. The molecule has 0 bridgehead atoms. The molecule has 0 N–H and O–H groups in total. The highest BCUT2D eigenvalue weighted by molar-refractivity contribution is 5.79. The maximum absolute atomic E-state index is 13.2. The number of fused-ring (bicyclic) bond motifs is 1. The van der Waals surface area contributed by atoms with Gasteiger partial charge >= 0.3 is 0 Å². The molecule has 1 fully saturated rings. The largest absolute Gasteiger partial charge is 0.369 e. The van der Waals surface area contributed by atoms with Crippen LogP contribution in [0.3, 0.4) is 0 Å². The summed E-state index contributed by atoms with van der Waals surface area (Å²) in [6, 6.07) is 0. The van der Waals surface area contributed by atoms with Crippen LogP contribution in [0.1, 0.15) is 37.5 Å². The van der Waals surface area contributed by atoms with E-state index in [1.54, 1.807) is 12.4 Å². The molecule has 0 aliphatic carbocycles. The van der Waals surface area contributed by atoms with E-state index in [0.29, 0.717) is 13.2 Å². The molecule has 1 amide bonds. The SMILES string of the molecule is CCn1ccnc1[C@@H]1OCCC[C@H]1C(=O)N1CCn2ccnc2C1. The predicted octanol–water partition coefficient (Wildman–Crippen LogP) is 1.61. The van der Waals surface area contributed by atoms with Crippen molar-refractivity contribution in [2.24, 2.45) is 5.92 Å². The predicted molar refractivity (Wildman–Crippen MR) is 87.0 cm³/mol. The van der Waals surface area contributed by atoms with Crippen LogP contribution >= 0.6 is 0 Å². The van der Waals surface area contributed by atoms with E-state index in [4.69, 9.17) is 4.74 Å². The molecule has 4 heterocycles. The lowest BCUT2D eigenvalue weighted by atomic mass is 9.91. The van der Waals surface area contributed by atoms with Gasteiger partial charge in [0.25, 0.3) is 0 Å². The van der Waals surface area contributed by atoms with Gasteiger partial charge in [0, 0.05) is 51.0 Å². The number of ether oxygens (including phenoxy) is 1. The Morgan fingerprint density at radius 2 is 2.17 bits per heavy atom. The zero-order chi connectivity index (χ0) is 16.5. The molecular formula is C17H23N5O2. The van der Waals surface area contributed by atoms with E-state index in [1.165, 1.54) is 0 Å². The van der Waals surface area contributed by atoms with Gasteiger partial charge in [-0.2, -0.15) is 0 Å². The van der Waals surface area contributed by atoms with Crippen LogP contribution in [-0.4, -0.2) is 43.1 Å². The first-order valence-corrected chi connectivity index (χ1v) is 8.69. The molecule has 2 aliphatic rings. The van der Waals surface area contributed by atoms with E-state index in [9.17, 15) is 4.79 Å². The van der Waals surface area contributed by atoms with Gasteiger partial charge in [0.1, 0.15) is 17.8 Å². The van der Waals surface area contributed by atoms with E-state index >= 15 is 0 Å². The van der Waals surface area contributed by atoms with E-state index in [-0.39, 0.29) is 17.9 Å². The minimum atomic E-state index is -0.247. The monoisotopic (exact) mass is 329 g/mol. The number of carbonyl (C=O) groups is 1. The van der Waals surface area contributed by atoms with E-state index < -0.39 is 0 Å². The summed E-state index contributed by atoms with van der Waals surface area (Å²) in [5, 5.41) is 0. The van der Waals surface area contributed by atoms with Crippen molar-refractivity contribution in [3.8, 4) is 0 Å². The van der Waals surface area contributed by atoms with Gasteiger partial charge in [0.15, 0.2) is 0 Å². The minimum Gasteiger partial charge on any atom is -0.369 e. The molecule has 1 saturated heterocycles. The number of hydrogen-bond donors (Lipinski definition) is 0. The third kappa shape index (κ3) is 2.62. The third-order valence-electron chi connectivity index (χ3n) is 5.04. The van der Waals surface area contributed by atoms with Gasteiger partial charge in [0.05, 0.1) is 12.5 Å². The number of amides is 1. The highest BCUT2D eigenvalue weighted by Gasteiger charge is 2.38. The van der Waals surface area contributed by atoms with Gasteiger partial charge in [-0.05, 0) is 19.8 Å². The zero-order valence-electron chi connectivity index (χ0n) is 14.0. The molecule has 0 radical (unpaired) electrons. The molecule has 2 aromatic heterocycles. The smallest absolute Gasteiger partial charge is 0.229 e. The summed E-state index contributed by atoms with van der Waals surface area (Å²) in [5.74, 6) is 1.83. The number of aromatic nitrogens is 4. The molecule has 0 saturated carbocycles. The fourth-order valence-corrected chi connectivity index (χ4v) is 3.73. The van der Waals surface area contributed by atoms with Gasteiger partial charge in [-0.3, -0.25) is 4.79 Å². The molecule has 4 rings (SSSR count). The number of imidazole rings is 2. The molecule has 128 valence electrons. The maximum atomic E-state index is 13.2. The van der Waals surface area contributed by atoms with Crippen molar-refractivity contribution in [1.82, 2.24) is 24.0 Å². The Morgan fingerprint density at radius 1 is 1.29 bits per heavy atom. The molecule has 0 unspecified atom stereocenters. The van der Waals surface area contributed by atoms with Crippen molar-refractivity contribution in [1.29, 1.82) is 0 Å². The fourth-order valence-electron chi connectivity index (χ4n) is 3.73. The Balaban J connectivity index is 1.56. The van der Waals surface area contributed by atoms with Gasteiger partial charge in [-0.1, -0.05) is 0 Å². The first-order chi connectivity index (χ1) is 11.8. The van der Waals surface area contributed by atoms with Crippen LogP contribution in [0.15, 0.2) is 24.8 Å². The van der Waals surface area contributed by atoms with E-state index in [1.807, 2.05) is 17.3 Å². The normalized spacial score (nSPS) is 24.0. The van der Waals surface area contributed by atoms with Gasteiger partial charge < -0.3 is 18.8 Å². The molecular weight excluding hydrogens is 306 g/mol. The molecule has 0 aromatic carbocycles. The molecule has 2 aromatic rings. The number of nitrogens with zero attached hydrogens (tertiary/aromatic N) is 5. The summed E-state index contributed by atoms with van der Waals surface area (Å²) >= 11 is 0. The van der Waals surface area contributed by atoms with Gasteiger partial charge in [0.2, 0.25) is 5.91 Å². The van der Waals surface area contributed by atoms with Crippen LogP contribution in [0.2, 0.25) is 0 Å². The summed E-state index contributed by atoms with van der Waals surface area (Å²) < 4.78 is 10.2. The van der Waals surface area contributed by atoms with Crippen molar-refractivity contribution in [3.63, 3.8) is 0 Å². The van der Waals surface area contributed by atoms with Crippen molar-refractivity contribution < 1.29 is 9.53 Å². The number of hydrogen-bond acceptors (Lipinski definition) is 4. The van der Waals surface area contributed by atoms with Crippen molar-refractivity contribution in [3.05, 3.63) is 36.4 Å². The molecule has 24 heavy (non-hydrogen) atoms. The quantitative estimate of drug-likeness (QED) is 0.858. The Hall–Kier alpha value is -2.15. The standard InChI is InChI=1S/C17H23N5O2/c1-2-20-7-6-19-16(20)15-13(4-3-11-24-15)17(23)22-10-9-21-8-5-18-14(21)12-22/h5-8,13,15H,2-4,9-12H2,1H3/t13-,15-/m1/s1. The van der Waals surface area contributed by atoms with Gasteiger partial charge in [-0.25, -0.2) is 9.97 Å². The summed E-state index contributed by atoms with van der Waals surface area (Å²) in [6.07, 6.45) is 9.04. The molecule has 2 atom stereocenters. The van der Waals surface area contributed by atoms with Crippen LogP contribution in [-0.2, 0) is 29.2 Å². The number of aryl methyl sites for hydroxylation is 1. The summed E-state index contributed by atoms with van der Waals surface area (Å²) in [5.41, 5.74) is 0. The van der Waals surface area contributed by atoms with Crippen LogP contribution in [0.4, 0.5) is 0 Å². The van der Waals surface area contributed by atoms with Crippen molar-refractivity contribution in [2.75, 3.05) is 13.2 Å². The molecule has 0 spiro atoms. The average Bonchev–Trinajstić information content (AvgIpc) is 3.29. The van der Waals surface area contributed by atoms with Gasteiger partial charge in [-0.15, -0.1) is 0 Å². The first kappa shape index (κ1) is 15.4. The Kier molecular flexibility index (Phi) is 4.10. The second kappa shape index (κ2) is 6.39. The lowest BCUT2D eigenvalue weighted by Crippen LogP contribution is -2.44. The fraction of sp³-hybridized carbons (Fsp3) is 0.588. The van der Waals surface area contributed by atoms with E-state index in [0.717, 1.165) is 44.1 Å². The second-order valence-electron chi connectivity index (χ2n) is 6.41. The topological polar surface area (TPSA) is 65.2 Å². The lowest BCUT2D eigenvalue weighted by molar-refractivity contribution is -0.147. The Morgan fingerprint density at radius 3 is 3.04 bits per heavy atom. The Labute approximate surface area is 141 Å². The number of carbonyl (C=O) groups excluding carboxylic acids is 1. The summed E-state index contributed by atoms with van der Waals surface area (Å²) in [7, 11) is 0. The van der Waals surface area contributed by atoms with Crippen LogP contribution in [0.5, 0.6) is 0 Å². The van der Waals surface area contributed by atoms with Crippen LogP contribution in [0.25, 0.3) is 0 Å². The van der Waals surface area contributed by atoms with Crippen LogP contribution < -0.4 is 0 Å². The Bertz CT molecular complexity index is 722. The summed E-state index contributed by atoms with van der Waals surface area (Å²) in [6.45, 7) is 5.72. The third-order valence-corrected chi connectivity index (χ3v) is 5.04. The maximum Gasteiger partial charge on any atom is 0.229 e. The lowest BCUT2D eigenvalue weighted by Gasteiger charge is -2.36. The van der Waals surface area contributed by atoms with Crippen molar-refractivity contribution in [2.45, 2.75) is 45.5 Å². The average molecular weight is 329 g/mol. The van der Waals surface area contributed by atoms with Crippen LogP contribution in [0, 0.1) is 5.92 Å². The zero-order valence-corrected chi connectivity index (χ0v) is 14.0. The second-order valence-corrected chi connectivity index (χ2v) is 6.41. The first-order valence-electron chi connectivity index (χ1n) is 8.69.